The van der Waals surface area contributed by atoms with Crippen molar-refractivity contribution < 1.29 is 0 Å². The summed E-state index contributed by atoms with van der Waals surface area (Å²) >= 11 is 0. The Morgan fingerprint density at radius 1 is 0.205 bits per heavy atom. The summed E-state index contributed by atoms with van der Waals surface area (Å²) in [6.45, 7) is 4.74. The number of fused-ring (bicyclic) bond motifs is 3. The minimum atomic E-state index is -0.247. The van der Waals surface area contributed by atoms with Gasteiger partial charge in [0.1, 0.15) is 0 Å². The normalized spacial score (nSPS) is 12.1. The summed E-state index contributed by atoms with van der Waals surface area (Å²) < 4.78 is 0. The predicted molar refractivity (Wildman–Crippen MR) is 308 cm³/mol. The maximum Gasteiger partial charge on any atom is 0.0465 e. The molecule has 1 aliphatic carbocycles. The summed E-state index contributed by atoms with van der Waals surface area (Å²) in [7, 11) is 0. The Morgan fingerprint density at radius 3 is 0.644 bits per heavy atom. The van der Waals surface area contributed by atoms with Gasteiger partial charge in [0.05, 0.1) is 0 Å². The Kier molecular flexibility index (Phi) is 11.9. The molecule has 0 aliphatic heterocycles. The van der Waals surface area contributed by atoms with Gasteiger partial charge in [-0.15, -0.1) is 0 Å². The molecule has 0 bridgehead atoms. The average molecular weight is 939 g/mol. The summed E-state index contributed by atoms with van der Waals surface area (Å²) in [5.74, 6) is 0. The molecule has 0 unspecified atom stereocenters. The molecular formula is C69H54N4. The standard InChI is InChI=1S/C69H54N4/c1-69(2)67-49-63(72(56-27-15-6-16-28-56)57-29-17-7-18-30-57)45-47-65(67)66-48-46-64(50-68(66)69)73(58-31-19-8-20-32-58)62-43-41-61(42-44-62)71(55-25-13-5-14-26-55)60-39-35-52(36-40-60)51-33-37-59(38-34-51)70(53-21-9-3-10-22-53)54-23-11-4-12-24-54/h3-50H,1-2H3. The van der Waals surface area contributed by atoms with Gasteiger partial charge in [0.2, 0.25) is 0 Å². The zero-order chi connectivity index (χ0) is 49.1. The fourth-order valence-corrected chi connectivity index (χ4v) is 10.6. The van der Waals surface area contributed by atoms with Crippen molar-refractivity contribution in [2.75, 3.05) is 19.6 Å². The highest BCUT2D eigenvalue weighted by atomic mass is 15.2. The predicted octanol–water partition coefficient (Wildman–Crippen LogP) is 19.5. The summed E-state index contributed by atoms with van der Waals surface area (Å²) in [6, 6.07) is 105. The number of hydrogen-bond acceptors (Lipinski definition) is 4. The van der Waals surface area contributed by atoms with Crippen LogP contribution in [0, 0.1) is 0 Å². The van der Waals surface area contributed by atoms with Crippen LogP contribution in [0.1, 0.15) is 25.0 Å². The van der Waals surface area contributed by atoms with E-state index in [0.29, 0.717) is 0 Å². The molecule has 4 nitrogen and oxygen atoms in total. The highest BCUT2D eigenvalue weighted by Crippen LogP contribution is 2.53. The van der Waals surface area contributed by atoms with E-state index in [2.05, 4.69) is 325 Å². The van der Waals surface area contributed by atoms with E-state index in [4.69, 9.17) is 0 Å². The third-order valence-corrected chi connectivity index (χ3v) is 14.2. The van der Waals surface area contributed by atoms with Crippen molar-refractivity contribution in [1.82, 2.24) is 0 Å². The smallest absolute Gasteiger partial charge is 0.0465 e. The minimum Gasteiger partial charge on any atom is -0.311 e. The molecule has 0 saturated carbocycles. The fraction of sp³-hybridized carbons (Fsp3) is 0.0435. The quantitative estimate of drug-likeness (QED) is 0.114. The van der Waals surface area contributed by atoms with E-state index in [1.54, 1.807) is 0 Å². The first kappa shape index (κ1) is 44.8. The second kappa shape index (κ2) is 19.4. The topological polar surface area (TPSA) is 13.0 Å². The first-order valence-corrected chi connectivity index (χ1v) is 25.1. The Hall–Kier alpha value is -9.38. The zero-order valence-electron chi connectivity index (χ0n) is 41.0. The van der Waals surface area contributed by atoms with Gasteiger partial charge in [0.25, 0.3) is 0 Å². The van der Waals surface area contributed by atoms with Gasteiger partial charge in [0.15, 0.2) is 0 Å². The lowest BCUT2D eigenvalue weighted by Gasteiger charge is -2.30. The number of hydrogen-bond donors (Lipinski definition) is 0. The number of benzene rings is 11. The number of rotatable bonds is 13. The van der Waals surface area contributed by atoms with Crippen LogP contribution in [0.25, 0.3) is 22.3 Å². The summed E-state index contributed by atoms with van der Waals surface area (Å²) in [5.41, 5.74) is 20.6. The van der Waals surface area contributed by atoms with Crippen LogP contribution < -0.4 is 19.6 Å². The lowest BCUT2D eigenvalue weighted by molar-refractivity contribution is 0.660. The van der Waals surface area contributed by atoms with Gasteiger partial charge in [0, 0.05) is 73.7 Å². The highest BCUT2D eigenvalue weighted by Gasteiger charge is 2.37. The molecule has 4 heteroatoms. The third-order valence-electron chi connectivity index (χ3n) is 14.2. The van der Waals surface area contributed by atoms with Crippen molar-refractivity contribution in [1.29, 1.82) is 0 Å². The van der Waals surface area contributed by atoms with Crippen LogP contribution in [-0.4, -0.2) is 0 Å². The SMILES string of the molecule is CC1(C)c2cc(N(c3ccccc3)c3ccccc3)ccc2-c2ccc(N(c3ccccc3)c3ccc(N(c4ccccc4)c4ccc(-c5ccc(N(c6ccccc6)c6ccccc6)cc5)cc4)cc3)cc21. The Labute approximate surface area is 429 Å². The van der Waals surface area contributed by atoms with Crippen LogP contribution in [0.3, 0.4) is 0 Å². The first-order valence-electron chi connectivity index (χ1n) is 25.1. The van der Waals surface area contributed by atoms with E-state index in [1.807, 2.05) is 0 Å². The molecule has 0 radical (unpaired) electrons. The van der Waals surface area contributed by atoms with Crippen molar-refractivity contribution in [3.8, 4) is 22.3 Å². The van der Waals surface area contributed by atoms with Gasteiger partial charge < -0.3 is 19.6 Å². The number of nitrogens with zero attached hydrogens (tertiary/aromatic N) is 4. The van der Waals surface area contributed by atoms with Crippen LogP contribution in [0.2, 0.25) is 0 Å². The molecule has 11 aromatic carbocycles. The van der Waals surface area contributed by atoms with Gasteiger partial charge in [-0.1, -0.05) is 159 Å². The molecule has 1 aliphatic rings. The number of anilines is 12. The molecule has 11 aromatic rings. The van der Waals surface area contributed by atoms with E-state index in [9.17, 15) is 0 Å². The molecule has 0 atom stereocenters. The largest absolute Gasteiger partial charge is 0.311 e. The van der Waals surface area contributed by atoms with Crippen molar-refractivity contribution in [2.24, 2.45) is 0 Å². The zero-order valence-corrected chi connectivity index (χ0v) is 41.0. The summed E-state index contributed by atoms with van der Waals surface area (Å²) in [6.07, 6.45) is 0. The lowest BCUT2D eigenvalue weighted by Crippen LogP contribution is -2.17. The Bertz CT molecular complexity index is 3530. The van der Waals surface area contributed by atoms with E-state index in [1.165, 1.54) is 22.3 Å². The summed E-state index contributed by atoms with van der Waals surface area (Å²) in [4.78, 5) is 9.36. The maximum atomic E-state index is 2.41. The Morgan fingerprint density at radius 2 is 0.397 bits per heavy atom. The van der Waals surface area contributed by atoms with Crippen LogP contribution in [-0.2, 0) is 5.41 Å². The van der Waals surface area contributed by atoms with Gasteiger partial charge in [-0.3, -0.25) is 0 Å². The van der Waals surface area contributed by atoms with Crippen LogP contribution >= 0.6 is 0 Å². The molecule has 73 heavy (non-hydrogen) atoms. The molecular weight excluding hydrogens is 885 g/mol. The van der Waals surface area contributed by atoms with E-state index < -0.39 is 0 Å². The molecule has 0 fully saturated rings. The lowest BCUT2D eigenvalue weighted by atomic mass is 9.82. The minimum absolute atomic E-state index is 0.247. The molecule has 0 heterocycles. The van der Waals surface area contributed by atoms with Gasteiger partial charge >= 0.3 is 0 Å². The van der Waals surface area contributed by atoms with Crippen LogP contribution in [0.15, 0.2) is 291 Å². The van der Waals surface area contributed by atoms with E-state index >= 15 is 0 Å². The maximum absolute atomic E-state index is 2.41. The monoisotopic (exact) mass is 938 g/mol. The summed E-state index contributed by atoms with van der Waals surface area (Å²) in [5, 5.41) is 0. The van der Waals surface area contributed by atoms with Crippen molar-refractivity contribution in [3.05, 3.63) is 302 Å². The fourth-order valence-electron chi connectivity index (χ4n) is 10.6. The molecule has 0 aromatic heterocycles. The van der Waals surface area contributed by atoms with E-state index in [0.717, 1.165) is 79.4 Å². The van der Waals surface area contributed by atoms with Crippen molar-refractivity contribution >= 4 is 68.2 Å². The van der Waals surface area contributed by atoms with Crippen molar-refractivity contribution in [3.63, 3.8) is 0 Å². The molecule has 0 N–H and O–H groups in total. The molecule has 0 saturated heterocycles. The van der Waals surface area contributed by atoms with Crippen molar-refractivity contribution in [2.45, 2.75) is 19.3 Å². The van der Waals surface area contributed by atoms with E-state index in [-0.39, 0.29) is 5.41 Å². The second-order valence-electron chi connectivity index (χ2n) is 19.0. The average Bonchev–Trinajstić information content (AvgIpc) is 3.68. The van der Waals surface area contributed by atoms with Gasteiger partial charge in [-0.05, 0) is 179 Å². The molecule has 0 amide bonds. The van der Waals surface area contributed by atoms with Crippen LogP contribution in [0.4, 0.5) is 68.2 Å². The molecule has 350 valence electrons. The molecule has 12 rings (SSSR count). The first-order chi connectivity index (χ1) is 36.0. The van der Waals surface area contributed by atoms with Crippen LogP contribution in [0.5, 0.6) is 0 Å². The third kappa shape index (κ3) is 8.70. The van der Waals surface area contributed by atoms with Gasteiger partial charge in [-0.25, -0.2) is 0 Å². The van der Waals surface area contributed by atoms with Gasteiger partial charge in [-0.2, -0.15) is 0 Å². The highest BCUT2D eigenvalue weighted by molar-refractivity contribution is 5.89. The second-order valence-corrected chi connectivity index (χ2v) is 19.0. The Balaban J connectivity index is 0.852. The molecule has 0 spiro atoms. The number of para-hydroxylation sites is 6.